The fourth-order valence-electron chi connectivity index (χ4n) is 16.9. The first-order chi connectivity index (χ1) is 67.5. The van der Waals surface area contributed by atoms with Gasteiger partial charge in [-0.15, -0.1) is 5.92 Å². The molecule has 13 rings (SSSR count). The number of rotatable bonds is 35. The second-order valence-corrected chi connectivity index (χ2v) is 39.6. The first-order valence-electron chi connectivity index (χ1n) is 47.9. The van der Waals surface area contributed by atoms with Gasteiger partial charge in [0.1, 0.15) is 125 Å². The third-order valence-corrected chi connectivity index (χ3v) is 24.2. The van der Waals surface area contributed by atoms with Gasteiger partial charge in [-0.1, -0.05) is 216 Å². The Morgan fingerprint density at radius 2 is 0.585 bits per heavy atom. The molecule has 0 bridgehead atoms. The van der Waals surface area contributed by atoms with Crippen LogP contribution in [-0.2, 0) is 67.3 Å². The number of hydrogen-bond donors (Lipinski definition) is 0. The Kier molecular flexibility index (Phi) is 39.2. The number of nitrogens with zero attached hydrogens (tertiary/aromatic N) is 1. The van der Waals surface area contributed by atoms with Crippen LogP contribution in [0, 0.1) is 35.1 Å². The molecule has 0 unspecified atom stereocenters. The Labute approximate surface area is 837 Å². The standard InChI is InChI=1S/C31H32FNO4.2C31H35FO3.C31H33FO3/c1-20(34)16-25(30-14-15-37-33-30)22-7-9-23(10-8-22)36-19-21-6-12-28(31(2,3)4)26(17-21)27-18-24(35-5)11-13-29(27)32;3*1-7-8-24(17-21(2)33)23-10-12-25(13-11-23)35-20-22-9-15-29(31(3,4)5)27(18-22)28-19-26(34-6)14-16-30(28)32/h6-15,17-18,25H,16,19H2,1-5H3;2*7-16,18-19,24H,17,20H2,1-6H3;9-16,18-19,24H,17,20H2,1-6H3/b;2*8-7-;/t25-;3*24-/m0101/s1. The van der Waals surface area contributed by atoms with Gasteiger partial charge in [0.05, 0.1) is 40.1 Å². The lowest BCUT2D eigenvalue weighted by atomic mass is 9.81. The summed E-state index contributed by atoms with van der Waals surface area (Å²) >= 11 is 0. The number of methoxy groups -OCH3 is 4. The molecule has 0 saturated heterocycles. The first-order valence-corrected chi connectivity index (χ1v) is 47.9. The van der Waals surface area contributed by atoms with Gasteiger partial charge in [0.2, 0.25) is 0 Å². The van der Waals surface area contributed by atoms with E-state index in [2.05, 4.69) is 112 Å². The summed E-state index contributed by atoms with van der Waals surface area (Å²) in [5.41, 5.74) is 17.5. The van der Waals surface area contributed by atoms with E-state index in [4.69, 9.17) is 42.4 Å². The van der Waals surface area contributed by atoms with E-state index in [1.807, 2.05) is 196 Å². The van der Waals surface area contributed by atoms with Crippen molar-refractivity contribution in [2.24, 2.45) is 0 Å². The monoisotopic (exact) mass is 1920 g/mol. The third-order valence-electron chi connectivity index (χ3n) is 24.2. The van der Waals surface area contributed by atoms with Crippen LogP contribution >= 0.6 is 0 Å². The van der Waals surface area contributed by atoms with Crippen LogP contribution in [0.1, 0.15) is 253 Å². The van der Waals surface area contributed by atoms with Gasteiger partial charge in [0.25, 0.3) is 0 Å². The van der Waals surface area contributed by atoms with Gasteiger partial charge < -0.3 is 42.4 Å². The minimum atomic E-state index is -0.299. The molecule has 4 atom stereocenters. The largest absolute Gasteiger partial charge is 0.497 e. The summed E-state index contributed by atoms with van der Waals surface area (Å²) in [6.07, 6.45) is 11.3. The number of carbonyl (C=O) groups is 4. The molecule has 12 aromatic carbocycles. The molecule has 18 heteroatoms. The van der Waals surface area contributed by atoms with E-state index in [9.17, 15) is 36.7 Å². The number of halogens is 4. The highest BCUT2D eigenvalue weighted by Gasteiger charge is 2.29. The van der Waals surface area contributed by atoms with Gasteiger partial charge >= 0.3 is 0 Å². The van der Waals surface area contributed by atoms with Crippen LogP contribution in [-0.4, -0.2) is 56.7 Å². The first kappa shape index (κ1) is 110. The second-order valence-electron chi connectivity index (χ2n) is 39.6. The number of hydrogen-bond acceptors (Lipinski definition) is 14. The van der Waals surface area contributed by atoms with Crippen LogP contribution in [0.5, 0.6) is 46.0 Å². The average Bonchev–Trinajstić information content (AvgIpc) is 1.11. The van der Waals surface area contributed by atoms with Crippen molar-refractivity contribution in [1.29, 1.82) is 0 Å². The fourth-order valence-corrected chi connectivity index (χ4v) is 16.9. The lowest BCUT2D eigenvalue weighted by Gasteiger charge is -2.24. The van der Waals surface area contributed by atoms with Crippen molar-refractivity contribution in [2.75, 3.05) is 28.4 Å². The maximum absolute atomic E-state index is 14.9. The number of benzene rings is 12. The molecule has 14 nitrogen and oxygen atoms in total. The van der Waals surface area contributed by atoms with E-state index >= 15 is 0 Å². The van der Waals surface area contributed by atoms with Crippen molar-refractivity contribution in [3.8, 4) is 102 Å². The number of Topliss-reactive ketones (excluding diaryl/α,β-unsaturated/α-hetero) is 4. The zero-order valence-electron chi connectivity index (χ0n) is 86.3. The maximum atomic E-state index is 14.9. The molecule has 0 fully saturated rings. The molecule has 142 heavy (non-hydrogen) atoms. The van der Waals surface area contributed by atoms with E-state index in [1.165, 1.54) is 30.5 Å². The molecule has 0 aliphatic heterocycles. The lowest BCUT2D eigenvalue weighted by molar-refractivity contribution is -0.118. The molecule has 0 radical (unpaired) electrons. The van der Waals surface area contributed by atoms with Crippen molar-refractivity contribution in [1.82, 2.24) is 5.16 Å². The Morgan fingerprint density at radius 3 is 0.817 bits per heavy atom. The summed E-state index contributed by atoms with van der Waals surface area (Å²) in [4.78, 5) is 46.6. The Morgan fingerprint density at radius 1 is 0.324 bits per heavy atom. The van der Waals surface area contributed by atoms with Crippen LogP contribution in [0.25, 0.3) is 44.5 Å². The normalized spacial score (nSPS) is 12.3. The molecule has 1 aromatic heterocycles. The molecule has 742 valence electrons. The van der Waals surface area contributed by atoms with Gasteiger partial charge in [-0.2, -0.15) is 0 Å². The van der Waals surface area contributed by atoms with Gasteiger partial charge in [0.15, 0.2) is 0 Å². The molecule has 0 aliphatic carbocycles. The van der Waals surface area contributed by atoms with Crippen LogP contribution in [0.2, 0.25) is 0 Å². The summed E-state index contributed by atoms with van der Waals surface area (Å²) < 4.78 is 110. The summed E-state index contributed by atoms with van der Waals surface area (Å²) in [7, 11) is 6.32. The lowest BCUT2D eigenvalue weighted by Crippen LogP contribution is -2.13. The highest BCUT2D eigenvalue weighted by atomic mass is 19.1. The highest BCUT2D eigenvalue weighted by molar-refractivity contribution is 5.80. The van der Waals surface area contributed by atoms with Crippen molar-refractivity contribution >= 4 is 23.1 Å². The van der Waals surface area contributed by atoms with E-state index in [1.54, 1.807) is 118 Å². The molecule has 0 saturated carbocycles. The number of ether oxygens (including phenoxy) is 8. The van der Waals surface area contributed by atoms with E-state index in [0.717, 1.165) is 106 Å². The molecular weight excluding hydrogens is 1790 g/mol. The van der Waals surface area contributed by atoms with Crippen molar-refractivity contribution in [2.45, 2.75) is 229 Å². The Balaban J connectivity index is 0.000000195. The summed E-state index contributed by atoms with van der Waals surface area (Å²) in [5.74, 6) is 10.6. The van der Waals surface area contributed by atoms with E-state index < -0.39 is 0 Å². The molecule has 1 heterocycles. The molecule has 0 amide bonds. The zero-order chi connectivity index (χ0) is 103. The average molecular weight is 1920 g/mol. The molecule has 0 spiro atoms. The predicted molar refractivity (Wildman–Crippen MR) is 562 cm³/mol. The summed E-state index contributed by atoms with van der Waals surface area (Å²) in [6.45, 7) is 38.9. The van der Waals surface area contributed by atoms with Crippen molar-refractivity contribution in [3.63, 3.8) is 0 Å². The number of aromatic nitrogens is 1. The topological polar surface area (TPSA) is 168 Å². The van der Waals surface area contributed by atoms with Crippen molar-refractivity contribution in [3.05, 3.63) is 375 Å². The summed E-state index contributed by atoms with van der Waals surface area (Å²) in [6, 6.07) is 76.4. The number of ketones is 4. The van der Waals surface area contributed by atoms with Gasteiger partial charge in [0, 0.05) is 71.8 Å². The maximum Gasteiger partial charge on any atom is 0.131 e. The fraction of sp³-hybridized carbons (Fsp3) is 0.315. The molecule has 0 N–H and O–H groups in total. The summed E-state index contributed by atoms with van der Waals surface area (Å²) in [5, 5.41) is 4.03. The third kappa shape index (κ3) is 31.3. The highest BCUT2D eigenvalue weighted by Crippen LogP contribution is 2.44. The number of allylic oxidation sites excluding steroid dienone is 4. The minimum absolute atomic E-state index is 0.0665. The van der Waals surface area contributed by atoms with Crippen molar-refractivity contribution < 1.29 is 79.2 Å². The Bertz CT molecular complexity index is 6360. The smallest absolute Gasteiger partial charge is 0.131 e. The number of carbonyl (C=O) groups excluding carboxylic acids is 4. The van der Waals surface area contributed by atoms with Gasteiger partial charge in [-0.05, 0) is 305 Å². The molecular formula is C124H135F4NO13. The van der Waals surface area contributed by atoms with Gasteiger partial charge in [-0.25, -0.2) is 17.6 Å². The van der Waals surface area contributed by atoms with Crippen LogP contribution in [0.15, 0.2) is 284 Å². The van der Waals surface area contributed by atoms with Crippen LogP contribution in [0.4, 0.5) is 17.6 Å². The predicted octanol–water partition coefficient (Wildman–Crippen LogP) is 31.0. The van der Waals surface area contributed by atoms with Gasteiger partial charge in [-0.3, -0.25) is 19.2 Å². The zero-order valence-corrected chi connectivity index (χ0v) is 86.3. The quantitative estimate of drug-likeness (QED) is 0.0209. The van der Waals surface area contributed by atoms with Crippen LogP contribution in [0.3, 0.4) is 0 Å². The molecule has 0 aliphatic rings. The van der Waals surface area contributed by atoms with E-state index in [0.29, 0.717) is 109 Å². The molecule has 13 aromatic rings. The van der Waals surface area contributed by atoms with E-state index in [-0.39, 0.29) is 91.7 Å². The van der Waals surface area contributed by atoms with Crippen LogP contribution < -0.4 is 37.9 Å². The SMILES string of the molecule is C/C=C\[C@@H](CC(C)=O)c1ccc(OCc2ccc(C(C)(C)C)c(-c3cc(OC)ccc3F)c2)cc1.C/C=C\[C@H](CC(C)=O)c1ccc(OCc2ccc(C(C)(C)C)c(-c3cc(OC)ccc3F)c2)cc1.CC#C[C@H](CC(C)=O)c1ccc(OCc2ccc(C(C)(C)C)c(-c3cc(OC)ccc3F)c2)cc1.COc1ccc(F)c(-c2cc(COc3ccc([C@H](CC(C)=O)c4ccon4)cc3)ccc2C(C)(C)C)c1. The minimum Gasteiger partial charge on any atom is -0.497 e. The Hall–Kier alpha value is -14.3. The second kappa shape index (κ2) is 50.7.